The lowest BCUT2D eigenvalue weighted by Gasteiger charge is -2.30. The van der Waals surface area contributed by atoms with E-state index in [0.29, 0.717) is 29.6 Å². The Morgan fingerprint density at radius 1 is 1.31 bits per heavy atom. The van der Waals surface area contributed by atoms with Crippen LogP contribution in [0.1, 0.15) is 19.3 Å². The minimum atomic E-state index is -0.816. The molecule has 0 spiro atoms. The van der Waals surface area contributed by atoms with E-state index in [1.54, 1.807) is 24.3 Å². The molecule has 3 atom stereocenters. The number of nitrogens with zero attached hydrogens (tertiary/aromatic N) is 3. The van der Waals surface area contributed by atoms with Gasteiger partial charge in [-0.2, -0.15) is 0 Å². The first-order valence-corrected chi connectivity index (χ1v) is 9.73. The van der Waals surface area contributed by atoms with Gasteiger partial charge >= 0.3 is 0 Å². The van der Waals surface area contributed by atoms with Gasteiger partial charge in [0.15, 0.2) is 5.52 Å². The largest absolute Gasteiger partial charge is 0.392 e. The molecule has 0 bridgehead atoms. The van der Waals surface area contributed by atoms with Crippen LogP contribution in [0.2, 0.25) is 0 Å². The number of fused-ring (bicyclic) bond motifs is 1. The van der Waals surface area contributed by atoms with Crippen LogP contribution in [-0.4, -0.2) is 49.5 Å². The highest BCUT2D eigenvalue weighted by Gasteiger charge is 2.25. The number of aromatic nitrogens is 3. The second kappa shape index (κ2) is 8.36. The Labute approximate surface area is 166 Å². The first kappa shape index (κ1) is 19.6. The van der Waals surface area contributed by atoms with Gasteiger partial charge in [-0.1, -0.05) is 12.1 Å². The Bertz CT molecular complexity index is 1070. The molecule has 3 heterocycles. The van der Waals surface area contributed by atoms with Crippen LogP contribution >= 0.6 is 0 Å². The van der Waals surface area contributed by atoms with Crippen molar-refractivity contribution in [3.63, 3.8) is 0 Å². The lowest BCUT2D eigenvalue weighted by atomic mass is 9.96. The molecule has 1 aliphatic heterocycles. The molecule has 1 aliphatic rings. The SMILES string of the molecule is O=c1c2nc(-c3cccc(F)c3)ccc2ncn1C[C@@H](O)CC1NCCC[C@@H]1O. The second-order valence-electron chi connectivity index (χ2n) is 7.44. The normalized spacial score (nSPS) is 20.7. The van der Waals surface area contributed by atoms with Gasteiger partial charge in [0.2, 0.25) is 0 Å². The van der Waals surface area contributed by atoms with Gasteiger partial charge in [0.1, 0.15) is 5.82 Å². The Kier molecular flexibility index (Phi) is 5.66. The van der Waals surface area contributed by atoms with Crippen LogP contribution in [0.15, 0.2) is 47.5 Å². The summed E-state index contributed by atoms with van der Waals surface area (Å²) in [5.41, 5.74) is 1.27. The predicted molar refractivity (Wildman–Crippen MR) is 107 cm³/mol. The van der Waals surface area contributed by atoms with E-state index in [1.165, 1.54) is 23.0 Å². The summed E-state index contributed by atoms with van der Waals surface area (Å²) in [7, 11) is 0. The molecule has 7 nitrogen and oxygen atoms in total. The molecule has 152 valence electrons. The van der Waals surface area contributed by atoms with Crippen LogP contribution in [0.4, 0.5) is 4.39 Å². The number of pyridine rings is 1. The molecule has 0 amide bonds. The fraction of sp³-hybridized carbons (Fsp3) is 0.381. The summed E-state index contributed by atoms with van der Waals surface area (Å²) in [5.74, 6) is -0.380. The van der Waals surface area contributed by atoms with Crippen LogP contribution in [0, 0.1) is 5.82 Å². The number of hydrogen-bond acceptors (Lipinski definition) is 6. The first-order chi connectivity index (χ1) is 14.0. The number of hydrogen-bond donors (Lipinski definition) is 3. The zero-order valence-corrected chi connectivity index (χ0v) is 15.8. The minimum absolute atomic E-state index is 0.0541. The predicted octanol–water partition coefficient (Wildman–Crippen LogP) is 1.46. The summed E-state index contributed by atoms with van der Waals surface area (Å²) >= 11 is 0. The molecular weight excluding hydrogens is 375 g/mol. The van der Waals surface area contributed by atoms with Crippen LogP contribution in [0.25, 0.3) is 22.3 Å². The van der Waals surface area contributed by atoms with Crippen molar-refractivity contribution in [1.82, 2.24) is 19.9 Å². The molecule has 2 aromatic heterocycles. The quantitative estimate of drug-likeness (QED) is 0.602. The molecule has 0 aliphatic carbocycles. The number of benzene rings is 1. The maximum Gasteiger partial charge on any atom is 0.279 e. The summed E-state index contributed by atoms with van der Waals surface area (Å²) in [6.07, 6.45) is 2.02. The van der Waals surface area contributed by atoms with Crippen molar-refractivity contribution < 1.29 is 14.6 Å². The second-order valence-corrected chi connectivity index (χ2v) is 7.44. The van der Waals surface area contributed by atoms with E-state index in [-0.39, 0.29) is 29.5 Å². The molecule has 0 saturated carbocycles. The number of aliphatic hydroxyl groups is 2. The maximum atomic E-state index is 13.5. The van der Waals surface area contributed by atoms with Crippen LogP contribution < -0.4 is 10.9 Å². The van der Waals surface area contributed by atoms with E-state index in [0.717, 1.165) is 13.0 Å². The summed E-state index contributed by atoms with van der Waals surface area (Å²) in [6, 6.07) is 9.18. The maximum absolute atomic E-state index is 13.5. The van der Waals surface area contributed by atoms with Crippen molar-refractivity contribution in [2.24, 2.45) is 0 Å². The van der Waals surface area contributed by atoms with Gasteiger partial charge < -0.3 is 15.5 Å². The van der Waals surface area contributed by atoms with E-state index in [1.807, 2.05) is 0 Å². The number of halogens is 1. The molecule has 8 heteroatoms. The monoisotopic (exact) mass is 398 g/mol. The summed E-state index contributed by atoms with van der Waals surface area (Å²) < 4.78 is 14.8. The highest BCUT2D eigenvalue weighted by Crippen LogP contribution is 2.20. The molecule has 29 heavy (non-hydrogen) atoms. The highest BCUT2D eigenvalue weighted by molar-refractivity contribution is 5.76. The molecule has 0 radical (unpaired) electrons. The zero-order chi connectivity index (χ0) is 20.4. The molecule has 1 aromatic carbocycles. The van der Waals surface area contributed by atoms with Crippen molar-refractivity contribution in [3.8, 4) is 11.3 Å². The van der Waals surface area contributed by atoms with Gasteiger partial charge in [-0.25, -0.2) is 14.4 Å². The van der Waals surface area contributed by atoms with Crippen molar-refractivity contribution >= 4 is 11.0 Å². The summed E-state index contributed by atoms with van der Waals surface area (Å²) in [4.78, 5) is 21.5. The van der Waals surface area contributed by atoms with Crippen molar-refractivity contribution in [1.29, 1.82) is 0 Å². The van der Waals surface area contributed by atoms with Crippen LogP contribution in [0.3, 0.4) is 0 Å². The van der Waals surface area contributed by atoms with Crippen LogP contribution in [-0.2, 0) is 6.54 Å². The number of piperidine rings is 1. The standard InChI is InChI=1S/C21H23FN4O3/c22-14-4-1-3-13(9-14)16-6-7-17-20(25-16)21(29)26(12-24-17)11-15(27)10-18-19(28)5-2-8-23-18/h1,3-4,6-7,9,12,15,18-19,23,27-28H,2,5,8,10-11H2/t15-,18?,19-/m0/s1. The fourth-order valence-corrected chi connectivity index (χ4v) is 3.74. The Morgan fingerprint density at radius 2 is 2.17 bits per heavy atom. The molecule has 1 fully saturated rings. The van der Waals surface area contributed by atoms with Gasteiger partial charge in [0.25, 0.3) is 5.56 Å². The molecular formula is C21H23FN4O3. The summed E-state index contributed by atoms with van der Waals surface area (Å²) in [5, 5.41) is 23.7. The van der Waals surface area contributed by atoms with E-state index in [2.05, 4.69) is 15.3 Å². The number of aliphatic hydroxyl groups excluding tert-OH is 2. The Hall–Kier alpha value is -2.68. The van der Waals surface area contributed by atoms with Gasteiger partial charge in [-0.05, 0) is 50.1 Å². The third-order valence-electron chi connectivity index (χ3n) is 5.28. The van der Waals surface area contributed by atoms with Crippen molar-refractivity contribution in [3.05, 3.63) is 58.9 Å². The smallest absolute Gasteiger partial charge is 0.279 e. The van der Waals surface area contributed by atoms with Crippen LogP contribution in [0.5, 0.6) is 0 Å². The van der Waals surface area contributed by atoms with E-state index < -0.39 is 12.2 Å². The van der Waals surface area contributed by atoms with E-state index >= 15 is 0 Å². The topological polar surface area (TPSA) is 100 Å². The average molecular weight is 398 g/mol. The van der Waals surface area contributed by atoms with Gasteiger partial charge in [0.05, 0.1) is 36.3 Å². The third kappa shape index (κ3) is 4.34. The lowest BCUT2D eigenvalue weighted by molar-refractivity contribution is 0.0539. The van der Waals surface area contributed by atoms with E-state index in [9.17, 15) is 19.4 Å². The summed E-state index contributed by atoms with van der Waals surface area (Å²) in [6.45, 7) is 0.858. The van der Waals surface area contributed by atoms with Gasteiger partial charge in [0, 0.05) is 11.6 Å². The Balaban J connectivity index is 1.58. The van der Waals surface area contributed by atoms with Crippen molar-refractivity contribution in [2.75, 3.05) is 6.54 Å². The number of rotatable bonds is 5. The molecule has 3 N–H and O–H groups in total. The zero-order valence-electron chi connectivity index (χ0n) is 15.8. The first-order valence-electron chi connectivity index (χ1n) is 9.73. The molecule has 1 saturated heterocycles. The number of nitrogens with one attached hydrogen (secondary N) is 1. The third-order valence-corrected chi connectivity index (χ3v) is 5.28. The fourth-order valence-electron chi connectivity index (χ4n) is 3.74. The van der Waals surface area contributed by atoms with E-state index in [4.69, 9.17) is 0 Å². The van der Waals surface area contributed by atoms with Gasteiger partial charge in [-0.3, -0.25) is 9.36 Å². The molecule has 1 unspecified atom stereocenters. The minimum Gasteiger partial charge on any atom is -0.392 e. The van der Waals surface area contributed by atoms with Gasteiger partial charge in [-0.15, -0.1) is 0 Å². The molecule has 3 aromatic rings. The molecule has 4 rings (SSSR count). The lowest BCUT2D eigenvalue weighted by Crippen LogP contribution is -2.47. The highest BCUT2D eigenvalue weighted by atomic mass is 19.1. The Morgan fingerprint density at radius 3 is 2.97 bits per heavy atom. The van der Waals surface area contributed by atoms with Crippen molar-refractivity contribution in [2.45, 2.75) is 44.1 Å². The average Bonchev–Trinajstić information content (AvgIpc) is 2.72.